The molecule has 1 N–H and O–H groups in total. The molecular formula is C20H27N3O4S. The molecule has 152 valence electrons. The molecule has 0 aliphatic carbocycles. The summed E-state index contributed by atoms with van der Waals surface area (Å²) < 4.78 is 5.50. The third kappa shape index (κ3) is 4.98. The SMILES string of the molecule is CC(C)(C)OC(=O)N1C[C@@H](NC(=O)c2ccccc2)C[C@H]1C(=O)N1CCSC1. The Hall–Kier alpha value is -2.22. The summed E-state index contributed by atoms with van der Waals surface area (Å²) in [5.41, 5.74) is -0.100. The fourth-order valence-corrected chi connectivity index (χ4v) is 4.31. The Bertz CT molecular complexity index is 729. The van der Waals surface area contributed by atoms with Gasteiger partial charge >= 0.3 is 6.09 Å². The highest BCUT2D eigenvalue weighted by atomic mass is 32.2. The van der Waals surface area contributed by atoms with Gasteiger partial charge in [0.2, 0.25) is 5.91 Å². The molecule has 8 heteroatoms. The molecule has 3 rings (SSSR count). The molecule has 0 aromatic heterocycles. The monoisotopic (exact) mass is 405 g/mol. The van der Waals surface area contributed by atoms with Gasteiger partial charge in [-0.15, -0.1) is 11.8 Å². The average molecular weight is 406 g/mol. The van der Waals surface area contributed by atoms with Crippen molar-refractivity contribution in [3.63, 3.8) is 0 Å². The first kappa shape index (κ1) is 20.5. The molecule has 2 saturated heterocycles. The summed E-state index contributed by atoms with van der Waals surface area (Å²) in [6, 6.07) is 8.00. The minimum Gasteiger partial charge on any atom is -0.444 e. The molecule has 2 aliphatic rings. The number of rotatable bonds is 3. The maximum absolute atomic E-state index is 13.0. The van der Waals surface area contributed by atoms with E-state index in [-0.39, 0.29) is 24.4 Å². The minimum atomic E-state index is -0.653. The smallest absolute Gasteiger partial charge is 0.411 e. The number of carbonyl (C=O) groups is 3. The summed E-state index contributed by atoms with van der Waals surface area (Å²) in [6.45, 7) is 6.32. The fourth-order valence-electron chi connectivity index (χ4n) is 3.35. The number of ether oxygens (including phenoxy) is 1. The van der Waals surface area contributed by atoms with E-state index in [1.165, 1.54) is 4.90 Å². The van der Waals surface area contributed by atoms with E-state index in [9.17, 15) is 14.4 Å². The highest BCUT2D eigenvalue weighted by molar-refractivity contribution is 7.99. The van der Waals surface area contributed by atoms with Crippen LogP contribution in [0.3, 0.4) is 0 Å². The van der Waals surface area contributed by atoms with Crippen LogP contribution in [0.4, 0.5) is 4.79 Å². The number of benzene rings is 1. The summed E-state index contributed by atoms with van der Waals surface area (Å²) in [7, 11) is 0. The highest BCUT2D eigenvalue weighted by Crippen LogP contribution is 2.25. The van der Waals surface area contributed by atoms with Gasteiger partial charge in [-0.05, 0) is 39.3 Å². The van der Waals surface area contributed by atoms with Crippen molar-refractivity contribution in [2.45, 2.75) is 44.9 Å². The maximum Gasteiger partial charge on any atom is 0.411 e. The number of carbonyl (C=O) groups excluding carboxylic acids is 3. The highest BCUT2D eigenvalue weighted by Gasteiger charge is 2.44. The largest absolute Gasteiger partial charge is 0.444 e. The van der Waals surface area contributed by atoms with Crippen molar-refractivity contribution in [2.75, 3.05) is 24.7 Å². The number of hydrogen-bond acceptors (Lipinski definition) is 5. The lowest BCUT2D eigenvalue weighted by atomic mass is 10.1. The van der Waals surface area contributed by atoms with Crippen LogP contribution >= 0.6 is 11.8 Å². The average Bonchev–Trinajstić information content (AvgIpc) is 3.30. The second-order valence-electron chi connectivity index (χ2n) is 8.06. The third-order valence-electron chi connectivity index (χ3n) is 4.65. The Morgan fingerprint density at radius 3 is 2.50 bits per heavy atom. The maximum atomic E-state index is 13.0. The molecule has 0 unspecified atom stereocenters. The van der Waals surface area contributed by atoms with Crippen LogP contribution in [0.25, 0.3) is 0 Å². The first-order chi connectivity index (χ1) is 13.2. The van der Waals surface area contributed by atoms with E-state index < -0.39 is 17.7 Å². The summed E-state index contributed by atoms with van der Waals surface area (Å²) in [5, 5.41) is 2.95. The molecular weight excluding hydrogens is 378 g/mol. The lowest BCUT2D eigenvalue weighted by molar-refractivity contribution is -0.134. The summed E-state index contributed by atoms with van der Waals surface area (Å²) in [4.78, 5) is 41.4. The van der Waals surface area contributed by atoms with E-state index in [1.807, 2.05) is 6.07 Å². The molecule has 2 aliphatic heterocycles. The van der Waals surface area contributed by atoms with E-state index in [1.54, 1.807) is 61.7 Å². The van der Waals surface area contributed by atoms with Crippen LogP contribution in [0.15, 0.2) is 30.3 Å². The van der Waals surface area contributed by atoms with Crippen LogP contribution in [0.5, 0.6) is 0 Å². The predicted octanol–water partition coefficient (Wildman–Crippen LogP) is 2.33. The zero-order chi connectivity index (χ0) is 20.3. The predicted molar refractivity (Wildman–Crippen MR) is 108 cm³/mol. The van der Waals surface area contributed by atoms with E-state index in [2.05, 4.69) is 5.32 Å². The van der Waals surface area contributed by atoms with Crippen molar-refractivity contribution in [3.05, 3.63) is 35.9 Å². The molecule has 1 aromatic carbocycles. The topological polar surface area (TPSA) is 79.0 Å². The van der Waals surface area contributed by atoms with Gasteiger partial charge in [-0.3, -0.25) is 14.5 Å². The number of nitrogens with one attached hydrogen (secondary N) is 1. The van der Waals surface area contributed by atoms with Gasteiger partial charge in [-0.2, -0.15) is 0 Å². The van der Waals surface area contributed by atoms with Crippen molar-refractivity contribution in [1.29, 1.82) is 0 Å². The zero-order valence-corrected chi connectivity index (χ0v) is 17.3. The third-order valence-corrected chi connectivity index (χ3v) is 5.62. The molecule has 1 aromatic rings. The van der Waals surface area contributed by atoms with Gasteiger partial charge in [0.15, 0.2) is 0 Å². The van der Waals surface area contributed by atoms with Gasteiger partial charge in [0.25, 0.3) is 5.91 Å². The van der Waals surface area contributed by atoms with Crippen LogP contribution < -0.4 is 5.32 Å². The van der Waals surface area contributed by atoms with Crippen LogP contribution in [0.1, 0.15) is 37.6 Å². The quantitative estimate of drug-likeness (QED) is 0.835. The Kier molecular flexibility index (Phi) is 6.17. The fraction of sp³-hybridized carbons (Fsp3) is 0.550. The summed E-state index contributed by atoms with van der Waals surface area (Å²) in [6.07, 6.45) is -0.133. The van der Waals surface area contributed by atoms with Crippen molar-refractivity contribution in [2.24, 2.45) is 0 Å². The Morgan fingerprint density at radius 1 is 1.18 bits per heavy atom. The zero-order valence-electron chi connectivity index (χ0n) is 16.5. The summed E-state index contributed by atoms with van der Waals surface area (Å²) in [5.74, 6) is 1.25. The van der Waals surface area contributed by atoms with Crippen LogP contribution in [-0.2, 0) is 9.53 Å². The van der Waals surface area contributed by atoms with E-state index in [4.69, 9.17) is 4.74 Å². The first-order valence-electron chi connectivity index (χ1n) is 9.46. The Labute approximate surface area is 169 Å². The van der Waals surface area contributed by atoms with Gasteiger partial charge < -0.3 is 15.0 Å². The Morgan fingerprint density at radius 2 is 1.89 bits per heavy atom. The second kappa shape index (κ2) is 8.43. The van der Waals surface area contributed by atoms with Gasteiger partial charge in [-0.25, -0.2) is 4.79 Å². The molecule has 0 spiro atoms. The van der Waals surface area contributed by atoms with E-state index in [0.29, 0.717) is 24.4 Å². The van der Waals surface area contributed by atoms with E-state index >= 15 is 0 Å². The molecule has 0 bridgehead atoms. The van der Waals surface area contributed by atoms with Crippen molar-refractivity contribution in [3.8, 4) is 0 Å². The second-order valence-corrected chi connectivity index (χ2v) is 9.13. The number of nitrogens with zero attached hydrogens (tertiary/aromatic N) is 2. The molecule has 7 nitrogen and oxygen atoms in total. The van der Waals surface area contributed by atoms with Crippen molar-refractivity contribution < 1.29 is 19.1 Å². The molecule has 0 radical (unpaired) electrons. The Balaban J connectivity index is 1.72. The number of amides is 3. The summed E-state index contributed by atoms with van der Waals surface area (Å²) >= 11 is 1.70. The first-order valence-corrected chi connectivity index (χ1v) is 10.6. The molecule has 2 heterocycles. The van der Waals surface area contributed by atoms with Crippen LogP contribution in [0, 0.1) is 0 Å². The van der Waals surface area contributed by atoms with Gasteiger partial charge in [0, 0.05) is 30.4 Å². The van der Waals surface area contributed by atoms with Crippen LogP contribution in [0.2, 0.25) is 0 Å². The molecule has 3 amide bonds. The molecule has 2 atom stereocenters. The van der Waals surface area contributed by atoms with Gasteiger partial charge in [0.1, 0.15) is 11.6 Å². The van der Waals surface area contributed by atoms with Crippen molar-refractivity contribution in [1.82, 2.24) is 15.1 Å². The molecule has 2 fully saturated rings. The lowest BCUT2D eigenvalue weighted by Crippen LogP contribution is -2.48. The number of thioether (sulfide) groups is 1. The molecule has 28 heavy (non-hydrogen) atoms. The standard InChI is InChI=1S/C20H27N3O4S/c1-20(2,3)27-19(26)23-12-15(21-17(24)14-7-5-4-6-8-14)11-16(23)18(25)22-9-10-28-13-22/h4-8,15-16H,9-13H2,1-3H3,(H,21,24)/t15-,16-/m0/s1. The van der Waals surface area contributed by atoms with Crippen molar-refractivity contribution >= 4 is 29.7 Å². The number of hydrogen-bond donors (Lipinski definition) is 1. The number of likely N-dealkylation sites (tertiary alicyclic amines) is 1. The van der Waals surface area contributed by atoms with E-state index in [0.717, 1.165) is 5.75 Å². The minimum absolute atomic E-state index is 0.0766. The van der Waals surface area contributed by atoms with Gasteiger partial charge in [-0.1, -0.05) is 18.2 Å². The van der Waals surface area contributed by atoms with Crippen LogP contribution in [-0.4, -0.2) is 70.1 Å². The molecule has 0 saturated carbocycles. The van der Waals surface area contributed by atoms with Gasteiger partial charge in [0.05, 0.1) is 5.88 Å². The lowest BCUT2D eigenvalue weighted by Gasteiger charge is -2.29. The normalized spacial score (nSPS) is 22.2.